The molecule has 22 heavy (non-hydrogen) atoms. The maximum atomic E-state index is 12.1. The van der Waals surface area contributed by atoms with E-state index in [2.05, 4.69) is 22.4 Å². The van der Waals surface area contributed by atoms with Gasteiger partial charge in [0.2, 0.25) is 5.91 Å². The number of hydrogen-bond acceptors (Lipinski definition) is 2. The third kappa shape index (κ3) is 3.17. The van der Waals surface area contributed by atoms with Gasteiger partial charge in [-0.25, -0.2) is 0 Å². The molecule has 0 unspecified atom stereocenters. The molecule has 2 N–H and O–H groups in total. The van der Waals surface area contributed by atoms with Crippen molar-refractivity contribution in [3.63, 3.8) is 0 Å². The molecule has 112 valence electrons. The molecule has 1 aromatic heterocycles. The van der Waals surface area contributed by atoms with E-state index in [1.54, 1.807) is 11.8 Å². The lowest BCUT2D eigenvalue weighted by Gasteiger charge is -2.06. The van der Waals surface area contributed by atoms with E-state index in [4.69, 9.17) is 0 Å². The van der Waals surface area contributed by atoms with Crippen LogP contribution in [0.3, 0.4) is 0 Å². The molecule has 0 radical (unpaired) electrons. The highest BCUT2D eigenvalue weighted by atomic mass is 32.2. The second kappa shape index (κ2) is 6.28. The fourth-order valence-electron chi connectivity index (χ4n) is 2.41. The number of para-hydroxylation sites is 1. The third-order valence-electron chi connectivity index (χ3n) is 3.52. The largest absolute Gasteiger partial charge is 0.358 e. The van der Waals surface area contributed by atoms with Crippen molar-refractivity contribution in [2.24, 2.45) is 0 Å². The van der Waals surface area contributed by atoms with Crippen molar-refractivity contribution in [1.29, 1.82) is 0 Å². The van der Waals surface area contributed by atoms with Crippen LogP contribution in [0.2, 0.25) is 0 Å². The first kappa shape index (κ1) is 14.7. The highest BCUT2D eigenvalue weighted by Crippen LogP contribution is 2.31. The minimum Gasteiger partial charge on any atom is -0.358 e. The van der Waals surface area contributed by atoms with E-state index < -0.39 is 0 Å². The Bertz CT molecular complexity index is 806. The van der Waals surface area contributed by atoms with Crippen molar-refractivity contribution < 1.29 is 4.79 Å². The van der Waals surface area contributed by atoms with E-state index in [1.165, 1.54) is 10.9 Å². The van der Waals surface area contributed by atoms with Gasteiger partial charge in [-0.05, 0) is 32.0 Å². The molecule has 0 atom stereocenters. The Morgan fingerprint density at radius 2 is 1.82 bits per heavy atom. The van der Waals surface area contributed by atoms with Crippen LogP contribution < -0.4 is 5.32 Å². The Kier molecular flexibility index (Phi) is 4.20. The van der Waals surface area contributed by atoms with Crippen LogP contribution in [-0.2, 0) is 4.79 Å². The second-order valence-electron chi connectivity index (χ2n) is 5.33. The fraction of sp³-hybridized carbons (Fsp3) is 0.167. The highest BCUT2D eigenvalue weighted by Gasteiger charge is 2.10. The zero-order chi connectivity index (χ0) is 15.5. The van der Waals surface area contributed by atoms with Crippen LogP contribution in [0.4, 0.5) is 5.69 Å². The van der Waals surface area contributed by atoms with E-state index in [0.717, 1.165) is 21.8 Å². The quantitative estimate of drug-likeness (QED) is 0.696. The number of amides is 1. The first-order chi connectivity index (χ1) is 10.6. The molecular weight excluding hydrogens is 292 g/mol. The fourth-order valence-corrected chi connectivity index (χ4v) is 3.36. The van der Waals surface area contributed by atoms with Crippen LogP contribution in [0.5, 0.6) is 0 Å². The molecule has 1 amide bonds. The summed E-state index contributed by atoms with van der Waals surface area (Å²) in [5.74, 6) is 0.412. The molecule has 0 aliphatic carbocycles. The Hall–Kier alpha value is -2.20. The van der Waals surface area contributed by atoms with Crippen LogP contribution in [0.25, 0.3) is 10.9 Å². The summed E-state index contributed by atoms with van der Waals surface area (Å²) in [6.45, 7) is 4.07. The Labute approximate surface area is 134 Å². The molecular formula is C18H18N2OS. The number of aromatic nitrogens is 1. The van der Waals surface area contributed by atoms with Crippen LogP contribution in [0.1, 0.15) is 11.3 Å². The smallest absolute Gasteiger partial charge is 0.234 e. The van der Waals surface area contributed by atoms with Gasteiger partial charge in [0.05, 0.1) is 5.75 Å². The number of carbonyl (C=O) groups excluding carboxylic acids is 1. The average Bonchev–Trinajstić information content (AvgIpc) is 2.83. The number of nitrogens with one attached hydrogen (secondary N) is 2. The Balaban J connectivity index is 1.67. The van der Waals surface area contributed by atoms with Crippen LogP contribution in [0, 0.1) is 13.8 Å². The van der Waals surface area contributed by atoms with Gasteiger partial charge in [-0.3, -0.25) is 4.79 Å². The lowest BCUT2D eigenvalue weighted by Crippen LogP contribution is -2.13. The summed E-state index contributed by atoms with van der Waals surface area (Å²) in [5.41, 5.74) is 4.24. The molecule has 0 fully saturated rings. The van der Waals surface area contributed by atoms with Crippen molar-refractivity contribution in [2.75, 3.05) is 11.1 Å². The number of aromatic amines is 1. The summed E-state index contributed by atoms with van der Waals surface area (Å²) < 4.78 is 0. The first-order valence-electron chi connectivity index (χ1n) is 7.20. The van der Waals surface area contributed by atoms with Gasteiger partial charge in [-0.1, -0.05) is 35.9 Å². The molecule has 3 aromatic rings. The molecule has 2 aromatic carbocycles. The molecule has 0 aliphatic rings. The van der Waals surface area contributed by atoms with E-state index in [-0.39, 0.29) is 5.91 Å². The van der Waals surface area contributed by atoms with Crippen molar-refractivity contribution in [3.05, 3.63) is 59.8 Å². The normalized spacial score (nSPS) is 10.8. The lowest BCUT2D eigenvalue weighted by molar-refractivity contribution is -0.113. The highest BCUT2D eigenvalue weighted by molar-refractivity contribution is 8.00. The van der Waals surface area contributed by atoms with Gasteiger partial charge < -0.3 is 10.3 Å². The number of aryl methyl sites for hydroxylation is 2. The van der Waals surface area contributed by atoms with Gasteiger partial charge in [0, 0.05) is 27.2 Å². The van der Waals surface area contributed by atoms with Gasteiger partial charge >= 0.3 is 0 Å². The van der Waals surface area contributed by atoms with Crippen LogP contribution in [-0.4, -0.2) is 16.6 Å². The van der Waals surface area contributed by atoms with Gasteiger partial charge in [-0.2, -0.15) is 0 Å². The molecule has 4 heteroatoms. The summed E-state index contributed by atoms with van der Waals surface area (Å²) >= 11 is 1.57. The second-order valence-corrected chi connectivity index (χ2v) is 6.31. The molecule has 0 spiro atoms. The molecule has 0 saturated heterocycles. The number of hydrogen-bond donors (Lipinski definition) is 2. The molecule has 0 saturated carbocycles. The summed E-state index contributed by atoms with van der Waals surface area (Å²) in [7, 11) is 0. The number of benzene rings is 2. The lowest BCUT2D eigenvalue weighted by atomic mass is 10.2. The van der Waals surface area contributed by atoms with Gasteiger partial charge in [0.15, 0.2) is 0 Å². The number of thioether (sulfide) groups is 1. The number of H-pyrrole nitrogens is 1. The van der Waals surface area contributed by atoms with E-state index in [0.29, 0.717) is 5.75 Å². The van der Waals surface area contributed by atoms with Crippen molar-refractivity contribution >= 4 is 34.3 Å². The zero-order valence-electron chi connectivity index (χ0n) is 12.6. The maximum Gasteiger partial charge on any atom is 0.234 e. The van der Waals surface area contributed by atoms with E-state index in [9.17, 15) is 4.79 Å². The van der Waals surface area contributed by atoms with Gasteiger partial charge in [-0.15, -0.1) is 11.8 Å². The molecule has 3 nitrogen and oxygen atoms in total. The maximum absolute atomic E-state index is 12.1. The van der Waals surface area contributed by atoms with Crippen molar-refractivity contribution in [1.82, 2.24) is 4.98 Å². The molecule has 0 aliphatic heterocycles. The van der Waals surface area contributed by atoms with Gasteiger partial charge in [0.1, 0.15) is 0 Å². The molecule has 3 rings (SSSR count). The summed E-state index contributed by atoms with van der Waals surface area (Å²) in [5, 5.41) is 4.10. The average molecular weight is 310 g/mol. The number of carbonyl (C=O) groups is 1. The van der Waals surface area contributed by atoms with E-state index >= 15 is 0 Å². The van der Waals surface area contributed by atoms with Crippen LogP contribution >= 0.6 is 11.8 Å². The third-order valence-corrected chi connectivity index (χ3v) is 4.74. The zero-order valence-corrected chi connectivity index (χ0v) is 13.5. The number of anilines is 1. The predicted molar refractivity (Wildman–Crippen MR) is 93.6 cm³/mol. The first-order valence-corrected chi connectivity index (χ1v) is 8.18. The standard InChI is InChI=1S/C18H18N2OS/c1-12-7-9-14(10-8-12)20-17(21)11-22-18-13(2)19-16-6-4-3-5-15(16)18/h3-10,19H,11H2,1-2H3,(H,20,21). The topological polar surface area (TPSA) is 44.9 Å². The minimum atomic E-state index is 0.0125. The molecule has 0 bridgehead atoms. The predicted octanol–water partition coefficient (Wildman–Crippen LogP) is 4.52. The molecule has 1 heterocycles. The van der Waals surface area contributed by atoms with Crippen molar-refractivity contribution in [2.45, 2.75) is 18.7 Å². The monoisotopic (exact) mass is 310 g/mol. The van der Waals surface area contributed by atoms with Gasteiger partial charge in [0.25, 0.3) is 0 Å². The number of rotatable bonds is 4. The summed E-state index contributed by atoms with van der Waals surface area (Å²) in [4.78, 5) is 16.6. The van der Waals surface area contributed by atoms with E-state index in [1.807, 2.05) is 50.2 Å². The Morgan fingerprint density at radius 1 is 1.09 bits per heavy atom. The summed E-state index contributed by atoms with van der Waals surface area (Å²) in [6.07, 6.45) is 0. The minimum absolute atomic E-state index is 0.0125. The van der Waals surface area contributed by atoms with Crippen molar-refractivity contribution in [3.8, 4) is 0 Å². The van der Waals surface area contributed by atoms with Crippen LogP contribution in [0.15, 0.2) is 53.4 Å². The Morgan fingerprint density at radius 3 is 2.59 bits per heavy atom. The number of fused-ring (bicyclic) bond motifs is 1. The summed E-state index contributed by atoms with van der Waals surface area (Å²) in [6, 6.07) is 16.0. The SMILES string of the molecule is Cc1ccc(NC(=O)CSc2c(C)[nH]c3ccccc23)cc1.